The minimum atomic E-state index is -1.13. The Bertz CT molecular complexity index is 1270. The van der Waals surface area contributed by atoms with Crippen LogP contribution in [0.3, 0.4) is 0 Å². The molecule has 0 aliphatic carbocycles. The maximum absolute atomic E-state index is 12.6. The van der Waals surface area contributed by atoms with E-state index in [9.17, 15) is 9.59 Å². The van der Waals surface area contributed by atoms with Crippen molar-refractivity contribution in [3.05, 3.63) is 76.6 Å². The van der Waals surface area contributed by atoms with Crippen LogP contribution in [0.2, 0.25) is 5.02 Å². The van der Waals surface area contributed by atoms with E-state index in [1.807, 2.05) is 19.1 Å². The number of piperazine rings is 1. The van der Waals surface area contributed by atoms with Crippen molar-refractivity contribution in [2.24, 2.45) is 0 Å². The van der Waals surface area contributed by atoms with Crippen LogP contribution in [0.1, 0.15) is 21.6 Å². The monoisotopic (exact) mass is 539 g/mol. The van der Waals surface area contributed by atoms with Crippen LogP contribution in [-0.4, -0.2) is 66.3 Å². The van der Waals surface area contributed by atoms with Gasteiger partial charge in [0.1, 0.15) is 23.9 Å². The van der Waals surface area contributed by atoms with Gasteiger partial charge in [-0.25, -0.2) is 14.6 Å². The van der Waals surface area contributed by atoms with Gasteiger partial charge in [-0.1, -0.05) is 23.7 Å². The third kappa shape index (κ3) is 7.82. The Balaban J connectivity index is 1.29. The number of hydrogen-bond donors (Lipinski definition) is 4. The van der Waals surface area contributed by atoms with Gasteiger partial charge in [0, 0.05) is 62.6 Å². The summed E-state index contributed by atoms with van der Waals surface area (Å²) in [5.74, 6) is 0.291. The van der Waals surface area contributed by atoms with Crippen LogP contribution in [-0.2, 0) is 6.54 Å². The molecule has 2 aromatic carbocycles. The molecule has 38 heavy (non-hydrogen) atoms. The number of carbonyl (C=O) groups is 2. The number of hydrogen-bond acceptors (Lipinski definition) is 7. The lowest BCUT2D eigenvalue weighted by Gasteiger charge is -2.27. The smallest absolute Gasteiger partial charge is 0.354 e. The largest absolute Gasteiger partial charge is 0.490 e. The van der Waals surface area contributed by atoms with Crippen LogP contribution >= 0.6 is 11.6 Å². The normalized spacial score (nSPS) is 13.5. The van der Waals surface area contributed by atoms with E-state index in [1.54, 1.807) is 30.3 Å². The average molecular weight is 540 g/mol. The summed E-state index contributed by atoms with van der Waals surface area (Å²) < 4.78 is 11.7. The predicted molar refractivity (Wildman–Crippen MR) is 145 cm³/mol. The van der Waals surface area contributed by atoms with E-state index in [0.29, 0.717) is 34.6 Å². The number of halogens is 1. The molecule has 200 valence electrons. The number of benzene rings is 2. The number of aromatic carboxylic acids is 1. The van der Waals surface area contributed by atoms with Gasteiger partial charge in [0.2, 0.25) is 0 Å². The molecular formula is C27H30ClN5O5. The number of carboxylic acid groups (broad SMARTS) is 1. The van der Waals surface area contributed by atoms with Crippen LogP contribution in [0, 0.1) is 6.92 Å². The lowest BCUT2D eigenvalue weighted by atomic mass is 10.2. The number of nitrogens with one attached hydrogen (secondary N) is 3. The lowest BCUT2D eigenvalue weighted by Crippen LogP contribution is -2.44. The first-order valence-corrected chi connectivity index (χ1v) is 12.6. The summed E-state index contributed by atoms with van der Waals surface area (Å²) in [6.45, 7) is 7.34. The standard InChI is InChI=1S/C27H30ClN5O5/c1-18-14-23(25(16-22(18)28)37-13-12-33-10-8-29-9-11-33)32-27(36)31-17-19-2-4-20(5-3-19)38-21-6-7-30-24(15-21)26(34)35/h2-7,14-16,29H,8-13,17H2,1H3,(H,34,35)(H2,31,32,36). The maximum atomic E-state index is 12.6. The highest BCUT2D eigenvalue weighted by Gasteiger charge is 2.14. The maximum Gasteiger partial charge on any atom is 0.354 e. The third-order valence-electron chi connectivity index (χ3n) is 5.95. The zero-order valence-electron chi connectivity index (χ0n) is 21.0. The van der Waals surface area contributed by atoms with Crippen LogP contribution < -0.4 is 25.4 Å². The fraction of sp³-hybridized carbons (Fsp3) is 0.296. The van der Waals surface area contributed by atoms with E-state index in [4.69, 9.17) is 26.2 Å². The first kappa shape index (κ1) is 27.2. The van der Waals surface area contributed by atoms with Crippen molar-refractivity contribution in [2.75, 3.05) is 44.6 Å². The number of aryl methyl sites for hydroxylation is 1. The van der Waals surface area contributed by atoms with Gasteiger partial charge in [-0.2, -0.15) is 0 Å². The Hall–Kier alpha value is -3.86. The molecule has 4 rings (SSSR count). The first-order chi connectivity index (χ1) is 18.4. The second-order valence-corrected chi connectivity index (χ2v) is 9.18. The number of anilines is 1. The molecular weight excluding hydrogens is 510 g/mol. The van der Waals surface area contributed by atoms with Gasteiger partial charge < -0.3 is 30.5 Å². The molecule has 2 heterocycles. The molecule has 0 atom stereocenters. The molecule has 3 aromatic rings. The minimum Gasteiger partial charge on any atom is -0.490 e. The third-order valence-corrected chi connectivity index (χ3v) is 6.35. The molecule has 11 heteroatoms. The highest BCUT2D eigenvalue weighted by molar-refractivity contribution is 6.31. The molecule has 1 aliphatic rings. The van der Waals surface area contributed by atoms with Crippen molar-refractivity contribution in [1.82, 2.24) is 20.5 Å². The number of rotatable bonds is 10. The molecule has 0 spiro atoms. The van der Waals surface area contributed by atoms with Crippen molar-refractivity contribution in [3.8, 4) is 17.2 Å². The molecule has 1 aromatic heterocycles. The molecule has 1 fully saturated rings. The summed E-state index contributed by atoms with van der Waals surface area (Å²) >= 11 is 6.31. The van der Waals surface area contributed by atoms with E-state index in [0.717, 1.165) is 43.9 Å². The molecule has 0 radical (unpaired) electrons. The van der Waals surface area contributed by atoms with Gasteiger partial charge in [-0.3, -0.25) is 4.90 Å². The van der Waals surface area contributed by atoms with Crippen LogP contribution in [0.15, 0.2) is 54.7 Å². The molecule has 4 N–H and O–H groups in total. The highest BCUT2D eigenvalue weighted by atomic mass is 35.5. The number of urea groups is 1. The number of amides is 2. The summed E-state index contributed by atoms with van der Waals surface area (Å²) in [6.07, 6.45) is 1.38. The summed E-state index contributed by atoms with van der Waals surface area (Å²) in [6, 6.07) is 13.2. The zero-order valence-corrected chi connectivity index (χ0v) is 21.8. The summed E-state index contributed by atoms with van der Waals surface area (Å²) in [5.41, 5.74) is 2.13. The number of nitrogens with zero attached hydrogens (tertiary/aromatic N) is 2. The number of aromatic nitrogens is 1. The molecule has 0 bridgehead atoms. The van der Waals surface area contributed by atoms with Crippen molar-refractivity contribution < 1.29 is 24.2 Å². The Kier molecular flexibility index (Phi) is 9.36. The van der Waals surface area contributed by atoms with Gasteiger partial charge in [0.25, 0.3) is 0 Å². The highest BCUT2D eigenvalue weighted by Crippen LogP contribution is 2.31. The molecule has 0 unspecified atom stereocenters. The van der Waals surface area contributed by atoms with Crippen molar-refractivity contribution >= 4 is 29.3 Å². The number of carboxylic acids is 1. The van der Waals surface area contributed by atoms with E-state index in [2.05, 4.69) is 25.8 Å². The van der Waals surface area contributed by atoms with Gasteiger partial charge in [-0.05, 0) is 42.3 Å². The van der Waals surface area contributed by atoms with Crippen molar-refractivity contribution in [2.45, 2.75) is 13.5 Å². The predicted octanol–water partition coefficient (Wildman–Crippen LogP) is 4.14. The molecule has 1 aliphatic heterocycles. The molecule has 10 nitrogen and oxygen atoms in total. The Labute approximate surface area is 225 Å². The van der Waals surface area contributed by atoms with E-state index in [1.165, 1.54) is 12.3 Å². The van der Waals surface area contributed by atoms with Crippen molar-refractivity contribution in [3.63, 3.8) is 0 Å². The quantitative estimate of drug-likeness (QED) is 0.303. The van der Waals surface area contributed by atoms with Crippen LogP contribution in [0.4, 0.5) is 10.5 Å². The number of ether oxygens (including phenoxy) is 2. The Morgan fingerprint density at radius 1 is 1.11 bits per heavy atom. The first-order valence-electron chi connectivity index (χ1n) is 12.2. The van der Waals surface area contributed by atoms with E-state index >= 15 is 0 Å². The van der Waals surface area contributed by atoms with E-state index < -0.39 is 5.97 Å². The summed E-state index contributed by atoms with van der Waals surface area (Å²) in [5, 5.41) is 18.7. The summed E-state index contributed by atoms with van der Waals surface area (Å²) in [4.78, 5) is 29.8. The van der Waals surface area contributed by atoms with Gasteiger partial charge in [-0.15, -0.1) is 0 Å². The lowest BCUT2D eigenvalue weighted by molar-refractivity contribution is 0.0690. The molecule has 0 saturated carbocycles. The number of carbonyl (C=O) groups excluding carboxylic acids is 1. The average Bonchev–Trinajstić information content (AvgIpc) is 2.92. The fourth-order valence-corrected chi connectivity index (χ4v) is 4.01. The van der Waals surface area contributed by atoms with Crippen LogP contribution in [0.25, 0.3) is 0 Å². The van der Waals surface area contributed by atoms with Gasteiger partial charge >= 0.3 is 12.0 Å². The van der Waals surface area contributed by atoms with Gasteiger partial charge in [0.05, 0.1) is 5.69 Å². The summed E-state index contributed by atoms with van der Waals surface area (Å²) in [7, 11) is 0. The van der Waals surface area contributed by atoms with Gasteiger partial charge in [0.15, 0.2) is 5.69 Å². The number of pyridine rings is 1. The molecule has 2 amide bonds. The second-order valence-electron chi connectivity index (χ2n) is 8.77. The molecule has 1 saturated heterocycles. The topological polar surface area (TPSA) is 125 Å². The van der Waals surface area contributed by atoms with Crippen LogP contribution in [0.5, 0.6) is 17.2 Å². The zero-order chi connectivity index (χ0) is 26.9. The Morgan fingerprint density at radius 2 is 1.87 bits per heavy atom. The van der Waals surface area contributed by atoms with Crippen molar-refractivity contribution in [1.29, 1.82) is 0 Å². The van der Waals surface area contributed by atoms with E-state index in [-0.39, 0.29) is 18.3 Å². The SMILES string of the molecule is Cc1cc(NC(=O)NCc2ccc(Oc3ccnc(C(=O)O)c3)cc2)c(OCCN2CCNCC2)cc1Cl. The second kappa shape index (κ2) is 13.1. The Morgan fingerprint density at radius 3 is 2.61 bits per heavy atom. The fourth-order valence-electron chi connectivity index (χ4n) is 3.85. The minimum absolute atomic E-state index is 0.0988.